The van der Waals surface area contributed by atoms with Crippen LogP contribution in [0.4, 0.5) is 5.69 Å². The lowest BCUT2D eigenvalue weighted by Gasteiger charge is -2.08. The number of rotatable bonds is 3. The van der Waals surface area contributed by atoms with Crippen molar-refractivity contribution in [1.82, 2.24) is 4.98 Å². The van der Waals surface area contributed by atoms with Gasteiger partial charge in [0.15, 0.2) is 0 Å². The van der Waals surface area contributed by atoms with E-state index in [9.17, 15) is 0 Å². The number of nitrogens with one attached hydrogen (secondary N) is 1. The van der Waals surface area contributed by atoms with Crippen molar-refractivity contribution in [2.45, 2.75) is 13.5 Å². The smallest absolute Gasteiger partial charge is 0.107 e. The van der Waals surface area contributed by atoms with Gasteiger partial charge in [-0.2, -0.15) is 0 Å². The lowest BCUT2D eigenvalue weighted by atomic mass is 10.1. The standard InChI is InChI=1S/C15H12BrClN2S/c1-9-5-6-10-3-2-4-13(14(10)19-9)18-8-11-7-12(16)15(17)20-11/h2-7,18H,8H2,1H3. The van der Waals surface area contributed by atoms with Crippen molar-refractivity contribution < 1.29 is 0 Å². The average Bonchev–Trinajstić information content (AvgIpc) is 2.75. The average molecular weight is 368 g/mol. The first-order chi connectivity index (χ1) is 9.63. The van der Waals surface area contributed by atoms with Crippen LogP contribution < -0.4 is 5.32 Å². The Labute approximate surface area is 134 Å². The van der Waals surface area contributed by atoms with E-state index in [0.29, 0.717) is 0 Å². The van der Waals surface area contributed by atoms with Gasteiger partial charge in [0, 0.05) is 27.0 Å². The van der Waals surface area contributed by atoms with Gasteiger partial charge in [-0.15, -0.1) is 11.3 Å². The van der Waals surface area contributed by atoms with E-state index in [1.165, 1.54) is 4.88 Å². The minimum atomic E-state index is 0.741. The molecular formula is C15H12BrClN2S. The highest BCUT2D eigenvalue weighted by Crippen LogP contribution is 2.32. The fourth-order valence-electron chi connectivity index (χ4n) is 2.05. The van der Waals surface area contributed by atoms with Crippen LogP contribution in [0.1, 0.15) is 10.6 Å². The number of pyridine rings is 1. The van der Waals surface area contributed by atoms with Gasteiger partial charge in [0.05, 0.1) is 11.2 Å². The van der Waals surface area contributed by atoms with Crippen molar-refractivity contribution in [3.8, 4) is 0 Å². The molecule has 0 aliphatic carbocycles. The first-order valence-corrected chi connectivity index (χ1v) is 8.16. The molecule has 2 heterocycles. The van der Waals surface area contributed by atoms with Crippen molar-refractivity contribution in [3.05, 3.63) is 55.8 Å². The molecule has 0 atom stereocenters. The van der Waals surface area contributed by atoms with Gasteiger partial charge in [-0.05, 0) is 41.1 Å². The van der Waals surface area contributed by atoms with Crippen LogP contribution in [0.2, 0.25) is 4.34 Å². The summed E-state index contributed by atoms with van der Waals surface area (Å²) in [6, 6.07) is 12.3. The highest BCUT2D eigenvalue weighted by Gasteiger charge is 2.06. The molecule has 3 aromatic rings. The summed E-state index contributed by atoms with van der Waals surface area (Å²) in [7, 11) is 0. The van der Waals surface area contributed by atoms with E-state index in [4.69, 9.17) is 11.6 Å². The van der Waals surface area contributed by atoms with Gasteiger partial charge in [-0.3, -0.25) is 4.98 Å². The highest BCUT2D eigenvalue weighted by atomic mass is 79.9. The summed E-state index contributed by atoms with van der Waals surface area (Å²) in [5.74, 6) is 0. The van der Waals surface area contributed by atoms with Crippen LogP contribution in [0.15, 0.2) is 40.9 Å². The molecule has 0 spiro atoms. The van der Waals surface area contributed by atoms with E-state index in [2.05, 4.69) is 44.4 Å². The van der Waals surface area contributed by atoms with Crippen molar-refractivity contribution in [2.24, 2.45) is 0 Å². The van der Waals surface area contributed by atoms with Gasteiger partial charge in [0.2, 0.25) is 0 Å². The van der Waals surface area contributed by atoms with E-state index in [-0.39, 0.29) is 0 Å². The number of aromatic nitrogens is 1. The van der Waals surface area contributed by atoms with Crippen LogP contribution in [0.3, 0.4) is 0 Å². The number of nitrogens with zero attached hydrogens (tertiary/aromatic N) is 1. The number of para-hydroxylation sites is 1. The second-order valence-corrected chi connectivity index (χ2v) is 7.11. The van der Waals surface area contributed by atoms with E-state index in [1.807, 2.05) is 25.1 Å². The maximum absolute atomic E-state index is 6.06. The zero-order chi connectivity index (χ0) is 14.1. The molecule has 1 N–H and O–H groups in total. The fraction of sp³-hybridized carbons (Fsp3) is 0.133. The summed E-state index contributed by atoms with van der Waals surface area (Å²) >= 11 is 11.1. The molecule has 2 nitrogen and oxygen atoms in total. The summed E-state index contributed by atoms with van der Waals surface area (Å²) in [5.41, 5.74) is 3.08. The third-order valence-electron chi connectivity index (χ3n) is 3.01. The molecule has 2 aromatic heterocycles. The number of benzene rings is 1. The van der Waals surface area contributed by atoms with Gasteiger partial charge in [-0.25, -0.2) is 0 Å². The summed E-state index contributed by atoms with van der Waals surface area (Å²) in [6.07, 6.45) is 0. The largest absolute Gasteiger partial charge is 0.378 e. The van der Waals surface area contributed by atoms with Gasteiger partial charge < -0.3 is 5.32 Å². The highest BCUT2D eigenvalue weighted by molar-refractivity contribution is 9.10. The van der Waals surface area contributed by atoms with Crippen molar-refractivity contribution >= 4 is 55.5 Å². The maximum atomic E-state index is 6.06. The van der Waals surface area contributed by atoms with Gasteiger partial charge in [-0.1, -0.05) is 29.8 Å². The molecule has 0 aliphatic heterocycles. The number of anilines is 1. The molecule has 0 amide bonds. The number of hydrogen-bond acceptors (Lipinski definition) is 3. The van der Waals surface area contributed by atoms with E-state index in [1.54, 1.807) is 11.3 Å². The first kappa shape index (κ1) is 13.9. The second-order valence-electron chi connectivity index (χ2n) is 4.52. The number of fused-ring (bicyclic) bond motifs is 1. The summed E-state index contributed by atoms with van der Waals surface area (Å²) in [5, 5.41) is 4.58. The Balaban J connectivity index is 1.89. The van der Waals surface area contributed by atoms with E-state index in [0.717, 1.165) is 37.6 Å². The normalized spacial score (nSPS) is 10.9. The molecule has 5 heteroatoms. The van der Waals surface area contributed by atoms with Crippen LogP contribution in [-0.2, 0) is 6.54 Å². The molecule has 0 aliphatic rings. The molecule has 0 saturated carbocycles. The number of hydrogen-bond donors (Lipinski definition) is 1. The van der Waals surface area contributed by atoms with Gasteiger partial charge >= 0.3 is 0 Å². The monoisotopic (exact) mass is 366 g/mol. The Kier molecular flexibility index (Phi) is 3.96. The Morgan fingerprint density at radius 3 is 2.90 bits per heavy atom. The van der Waals surface area contributed by atoms with Crippen molar-refractivity contribution in [2.75, 3.05) is 5.32 Å². The zero-order valence-corrected chi connectivity index (χ0v) is 13.9. The van der Waals surface area contributed by atoms with Crippen LogP contribution in [-0.4, -0.2) is 4.98 Å². The maximum Gasteiger partial charge on any atom is 0.107 e. The minimum Gasteiger partial charge on any atom is -0.378 e. The summed E-state index contributed by atoms with van der Waals surface area (Å²) in [4.78, 5) is 5.80. The topological polar surface area (TPSA) is 24.9 Å². The molecule has 20 heavy (non-hydrogen) atoms. The second kappa shape index (κ2) is 5.72. The summed E-state index contributed by atoms with van der Waals surface area (Å²) in [6.45, 7) is 2.75. The van der Waals surface area contributed by atoms with Crippen LogP contribution in [0.5, 0.6) is 0 Å². The van der Waals surface area contributed by atoms with Crippen molar-refractivity contribution in [1.29, 1.82) is 0 Å². The molecule has 0 fully saturated rings. The molecule has 1 aromatic carbocycles. The first-order valence-electron chi connectivity index (χ1n) is 6.17. The Morgan fingerprint density at radius 2 is 2.15 bits per heavy atom. The Hall–Kier alpha value is -1.10. The zero-order valence-electron chi connectivity index (χ0n) is 10.8. The van der Waals surface area contributed by atoms with Crippen LogP contribution in [0.25, 0.3) is 10.9 Å². The number of thiophene rings is 1. The van der Waals surface area contributed by atoms with Gasteiger partial charge in [0.1, 0.15) is 4.34 Å². The molecule has 102 valence electrons. The van der Waals surface area contributed by atoms with Crippen LogP contribution in [0, 0.1) is 6.92 Å². The minimum absolute atomic E-state index is 0.741. The molecule has 0 radical (unpaired) electrons. The quantitative estimate of drug-likeness (QED) is 0.648. The molecule has 0 bridgehead atoms. The third kappa shape index (κ3) is 2.82. The molecular weight excluding hydrogens is 356 g/mol. The SMILES string of the molecule is Cc1ccc2cccc(NCc3cc(Br)c(Cl)s3)c2n1. The number of aryl methyl sites for hydroxylation is 1. The Morgan fingerprint density at radius 1 is 1.30 bits per heavy atom. The lowest BCUT2D eigenvalue weighted by molar-refractivity contribution is 1.18. The molecule has 3 rings (SSSR count). The molecule has 0 saturated heterocycles. The summed E-state index contributed by atoms with van der Waals surface area (Å²) < 4.78 is 1.74. The van der Waals surface area contributed by atoms with Crippen LogP contribution >= 0.6 is 38.9 Å². The fourth-order valence-corrected chi connectivity index (χ4v) is 3.78. The van der Waals surface area contributed by atoms with E-state index >= 15 is 0 Å². The third-order valence-corrected chi connectivity index (χ3v) is 5.48. The predicted molar refractivity (Wildman–Crippen MR) is 90.8 cm³/mol. The molecule has 0 unspecified atom stereocenters. The van der Waals surface area contributed by atoms with Gasteiger partial charge in [0.25, 0.3) is 0 Å². The Bertz CT molecular complexity index is 750. The number of halogens is 2. The van der Waals surface area contributed by atoms with E-state index < -0.39 is 0 Å². The van der Waals surface area contributed by atoms with Crippen molar-refractivity contribution in [3.63, 3.8) is 0 Å². The lowest BCUT2D eigenvalue weighted by Crippen LogP contribution is -1.99. The predicted octanol–water partition coefficient (Wildman–Crippen LogP) is 5.63.